The third-order valence-electron chi connectivity index (χ3n) is 8.11. The normalized spacial score (nSPS) is 16.8. The van der Waals surface area contributed by atoms with Crippen LogP contribution in [0.2, 0.25) is 5.02 Å². The summed E-state index contributed by atoms with van der Waals surface area (Å²) in [6, 6.07) is 11.3. The quantitative estimate of drug-likeness (QED) is 0.199. The number of ether oxygens (including phenoxy) is 2. The number of pyridine rings is 1. The first-order valence-electron chi connectivity index (χ1n) is 14.8. The van der Waals surface area contributed by atoms with Crippen LogP contribution in [-0.2, 0) is 11.3 Å². The van der Waals surface area contributed by atoms with Gasteiger partial charge in [0.05, 0.1) is 22.2 Å². The van der Waals surface area contributed by atoms with Gasteiger partial charge in [0.25, 0.3) is 5.91 Å². The molecule has 1 aliphatic carbocycles. The number of methoxy groups -OCH3 is 1. The maximum absolute atomic E-state index is 14.8. The van der Waals surface area contributed by atoms with Crippen LogP contribution in [0.25, 0.3) is 21.2 Å². The van der Waals surface area contributed by atoms with Gasteiger partial charge in [0.2, 0.25) is 0 Å². The maximum Gasteiger partial charge on any atom is 0.410 e. The highest BCUT2D eigenvalue weighted by Crippen LogP contribution is 2.41. The summed E-state index contributed by atoms with van der Waals surface area (Å²) in [5.74, 6) is -1.14. The Labute approximate surface area is 270 Å². The Morgan fingerprint density at radius 2 is 1.62 bits per heavy atom. The van der Waals surface area contributed by atoms with Crippen molar-refractivity contribution in [1.82, 2.24) is 14.8 Å². The lowest BCUT2D eigenvalue weighted by Crippen LogP contribution is -2.47. The molecular weight excluding hydrogens is 620 g/mol. The van der Waals surface area contributed by atoms with Gasteiger partial charge in [-0.05, 0) is 94.0 Å². The first-order valence-corrected chi connectivity index (χ1v) is 16.0. The second-order valence-corrected chi connectivity index (χ2v) is 13.6. The lowest BCUT2D eigenvalue weighted by Gasteiger charge is -2.40. The Balaban J connectivity index is 1.49. The summed E-state index contributed by atoms with van der Waals surface area (Å²) >= 11 is 7.45. The lowest BCUT2D eigenvalue weighted by molar-refractivity contribution is 0.0144. The third-order valence-corrected chi connectivity index (χ3v) is 9.78. The van der Waals surface area contributed by atoms with E-state index in [0.29, 0.717) is 31.4 Å². The molecule has 238 valence electrons. The molecule has 5 rings (SSSR count). The molecule has 7 nitrogen and oxygen atoms in total. The van der Waals surface area contributed by atoms with Gasteiger partial charge in [0, 0.05) is 43.6 Å². The average Bonchev–Trinajstić information content (AvgIpc) is 3.38. The Hall–Kier alpha value is -3.76. The van der Waals surface area contributed by atoms with E-state index in [2.05, 4.69) is 4.98 Å². The molecule has 0 aliphatic heterocycles. The zero-order chi connectivity index (χ0) is 32.5. The molecule has 0 unspecified atom stereocenters. The van der Waals surface area contributed by atoms with Crippen molar-refractivity contribution in [3.05, 3.63) is 82.0 Å². The van der Waals surface area contributed by atoms with Gasteiger partial charge in [-0.25, -0.2) is 13.6 Å². The highest BCUT2D eigenvalue weighted by Gasteiger charge is 2.35. The highest BCUT2D eigenvalue weighted by molar-refractivity contribution is 7.21. The van der Waals surface area contributed by atoms with Crippen LogP contribution in [0, 0.1) is 11.6 Å². The largest absolute Gasteiger partial charge is 0.496 e. The van der Waals surface area contributed by atoms with Crippen LogP contribution in [-0.4, -0.2) is 58.6 Å². The molecule has 0 radical (unpaired) electrons. The molecule has 1 saturated carbocycles. The van der Waals surface area contributed by atoms with Gasteiger partial charge in [-0.3, -0.25) is 9.78 Å². The molecule has 1 aliphatic rings. The van der Waals surface area contributed by atoms with Crippen molar-refractivity contribution in [3.63, 3.8) is 0 Å². The van der Waals surface area contributed by atoms with Crippen LogP contribution >= 0.6 is 22.9 Å². The summed E-state index contributed by atoms with van der Waals surface area (Å²) in [7, 11) is 3.31. The second-order valence-electron chi connectivity index (χ2n) is 12.2. The molecule has 2 aromatic heterocycles. The van der Waals surface area contributed by atoms with Crippen molar-refractivity contribution in [3.8, 4) is 16.9 Å². The number of benzene rings is 2. The molecule has 2 heterocycles. The zero-order valence-electron chi connectivity index (χ0n) is 25.9. The first kappa shape index (κ1) is 32.6. The minimum absolute atomic E-state index is 0.00302. The van der Waals surface area contributed by atoms with Gasteiger partial charge < -0.3 is 19.3 Å². The average molecular weight is 656 g/mol. The summed E-state index contributed by atoms with van der Waals surface area (Å²) in [6.07, 6.45) is 5.51. The summed E-state index contributed by atoms with van der Waals surface area (Å²) < 4.78 is 40.7. The number of carbonyl (C=O) groups is 2. The van der Waals surface area contributed by atoms with E-state index in [4.69, 9.17) is 21.1 Å². The standard InChI is InChI=1S/C34H36ClF2N3O4S/c1-34(2,3)44-33(42)39(4)23-7-9-24(10-8-23)40(32(41)31-29(35)28-25(36)11-12-26(37)30(28)45-31)19-22-18-21(6-13-27(22)43-5)20-14-16-38-17-15-20/h6,11-18,23-24H,7-10,19H2,1-5H3/t23-,24-. The van der Waals surface area contributed by atoms with Gasteiger partial charge in [0.15, 0.2) is 0 Å². The van der Waals surface area contributed by atoms with Crippen molar-refractivity contribution < 1.29 is 27.8 Å². The van der Waals surface area contributed by atoms with Crippen LogP contribution < -0.4 is 4.74 Å². The molecule has 2 amide bonds. The lowest BCUT2D eigenvalue weighted by atomic mass is 9.89. The van der Waals surface area contributed by atoms with Gasteiger partial charge in [0.1, 0.15) is 27.9 Å². The van der Waals surface area contributed by atoms with Gasteiger partial charge >= 0.3 is 6.09 Å². The predicted molar refractivity (Wildman–Crippen MR) is 173 cm³/mol. The first-order chi connectivity index (χ1) is 21.4. The molecule has 4 aromatic rings. The predicted octanol–water partition coefficient (Wildman–Crippen LogP) is 8.72. The maximum atomic E-state index is 14.8. The Kier molecular flexibility index (Phi) is 9.65. The number of carbonyl (C=O) groups excluding carboxylic acids is 2. The molecule has 0 atom stereocenters. The van der Waals surface area contributed by atoms with Crippen LogP contribution in [0.5, 0.6) is 5.75 Å². The smallest absolute Gasteiger partial charge is 0.410 e. The van der Waals surface area contributed by atoms with E-state index in [0.717, 1.165) is 40.2 Å². The minimum Gasteiger partial charge on any atom is -0.496 e. The van der Waals surface area contributed by atoms with E-state index < -0.39 is 29.2 Å². The number of rotatable bonds is 7. The fourth-order valence-electron chi connectivity index (χ4n) is 5.78. The van der Waals surface area contributed by atoms with E-state index in [9.17, 15) is 18.4 Å². The van der Waals surface area contributed by atoms with Crippen LogP contribution in [0.3, 0.4) is 0 Å². The number of nitrogens with zero attached hydrogens (tertiary/aromatic N) is 3. The molecular formula is C34H36ClF2N3O4S. The Morgan fingerprint density at radius 3 is 2.24 bits per heavy atom. The van der Waals surface area contributed by atoms with E-state index in [1.807, 2.05) is 51.1 Å². The van der Waals surface area contributed by atoms with Crippen molar-refractivity contribution >= 4 is 45.0 Å². The van der Waals surface area contributed by atoms with E-state index in [1.54, 1.807) is 36.4 Å². The third kappa shape index (κ3) is 7.07. The number of hydrogen-bond acceptors (Lipinski definition) is 6. The van der Waals surface area contributed by atoms with E-state index in [-0.39, 0.29) is 38.6 Å². The van der Waals surface area contributed by atoms with Crippen LogP contribution in [0.1, 0.15) is 61.7 Å². The van der Waals surface area contributed by atoms with Crippen LogP contribution in [0.4, 0.5) is 13.6 Å². The molecule has 11 heteroatoms. The van der Waals surface area contributed by atoms with Crippen molar-refractivity contribution in [2.24, 2.45) is 0 Å². The van der Waals surface area contributed by atoms with Gasteiger partial charge in [-0.1, -0.05) is 17.7 Å². The molecule has 0 N–H and O–H groups in total. The SMILES string of the molecule is COc1ccc(-c2ccncc2)cc1CN(C(=O)c1sc2c(F)ccc(F)c2c1Cl)[C@H]1CC[C@H](N(C)C(=O)OC(C)(C)C)CC1. The summed E-state index contributed by atoms with van der Waals surface area (Å²) in [4.78, 5) is 34.7. The zero-order valence-corrected chi connectivity index (χ0v) is 27.5. The number of hydrogen-bond donors (Lipinski definition) is 0. The monoisotopic (exact) mass is 655 g/mol. The number of fused-ring (bicyclic) bond motifs is 1. The van der Waals surface area contributed by atoms with E-state index >= 15 is 0 Å². The fraction of sp³-hybridized carbons (Fsp3) is 0.382. The number of thiophene rings is 1. The Morgan fingerprint density at radius 1 is 0.978 bits per heavy atom. The molecule has 0 saturated heterocycles. The number of aromatic nitrogens is 1. The topological polar surface area (TPSA) is 72.0 Å². The van der Waals surface area contributed by atoms with Crippen molar-refractivity contribution in [1.29, 1.82) is 0 Å². The number of amides is 2. The summed E-state index contributed by atoms with van der Waals surface area (Å²) in [5.41, 5.74) is 2.03. The summed E-state index contributed by atoms with van der Waals surface area (Å²) in [5, 5.41) is -0.192. The molecule has 45 heavy (non-hydrogen) atoms. The molecule has 0 spiro atoms. The minimum atomic E-state index is -0.685. The number of halogens is 3. The van der Waals surface area contributed by atoms with Crippen molar-refractivity contribution in [2.45, 2.75) is 70.7 Å². The highest BCUT2D eigenvalue weighted by atomic mass is 35.5. The fourth-order valence-corrected chi connectivity index (χ4v) is 7.29. The second kappa shape index (κ2) is 13.3. The molecule has 1 fully saturated rings. The summed E-state index contributed by atoms with van der Waals surface area (Å²) in [6.45, 7) is 5.66. The van der Waals surface area contributed by atoms with E-state index in [1.165, 1.54) is 0 Å². The molecule has 0 bridgehead atoms. The molecule has 2 aromatic carbocycles. The van der Waals surface area contributed by atoms with Gasteiger partial charge in [-0.2, -0.15) is 0 Å². The van der Waals surface area contributed by atoms with Crippen molar-refractivity contribution in [2.75, 3.05) is 14.2 Å². The Bertz CT molecular complexity index is 1700. The van der Waals surface area contributed by atoms with Crippen LogP contribution in [0.15, 0.2) is 54.9 Å². The van der Waals surface area contributed by atoms with Gasteiger partial charge in [-0.15, -0.1) is 11.3 Å².